The van der Waals surface area contributed by atoms with Crippen LogP contribution in [0.1, 0.15) is 55.8 Å². The van der Waals surface area contributed by atoms with E-state index in [-0.39, 0.29) is 17.9 Å². The minimum Gasteiger partial charge on any atom is -0.381 e. The second-order valence-corrected chi connectivity index (χ2v) is 6.24. The van der Waals surface area contributed by atoms with Gasteiger partial charge in [0.15, 0.2) is 0 Å². The van der Waals surface area contributed by atoms with Crippen LogP contribution in [-0.4, -0.2) is 29.1 Å². The number of methoxy groups -OCH3 is 1. The molecule has 0 aliphatic heterocycles. The zero-order valence-corrected chi connectivity index (χ0v) is 12.8. The monoisotopic (exact) mass is 289 g/mol. The SMILES string of the molecule is COC1CCCC(C(=O)Nc2nc(C)cc(C3CC3)n2)C1. The van der Waals surface area contributed by atoms with Crippen molar-refractivity contribution in [2.75, 3.05) is 12.4 Å². The standard InChI is InChI=1S/C16H23N3O2/c1-10-8-14(11-6-7-11)18-16(17-10)19-15(20)12-4-3-5-13(9-12)21-2/h8,11-13H,3-7,9H2,1-2H3,(H,17,18,19,20). The first-order chi connectivity index (χ1) is 10.2. The van der Waals surface area contributed by atoms with E-state index in [1.165, 1.54) is 12.8 Å². The molecule has 2 fully saturated rings. The summed E-state index contributed by atoms with van der Waals surface area (Å²) in [6, 6.07) is 2.02. The van der Waals surface area contributed by atoms with Crippen molar-refractivity contribution < 1.29 is 9.53 Å². The number of rotatable bonds is 4. The summed E-state index contributed by atoms with van der Waals surface area (Å²) >= 11 is 0. The van der Waals surface area contributed by atoms with Crippen LogP contribution in [0.3, 0.4) is 0 Å². The van der Waals surface area contributed by atoms with Crippen molar-refractivity contribution in [1.29, 1.82) is 0 Å². The Morgan fingerprint density at radius 1 is 1.29 bits per heavy atom. The normalized spacial score (nSPS) is 25.6. The highest BCUT2D eigenvalue weighted by molar-refractivity contribution is 5.91. The number of nitrogens with zero attached hydrogens (tertiary/aromatic N) is 2. The summed E-state index contributed by atoms with van der Waals surface area (Å²) < 4.78 is 5.39. The first-order valence-electron chi connectivity index (χ1n) is 7.85. The fraction of sp³-hybridized carbons (Fsp3) is 0.688. The number of aromatic nitrogens is 2. The molecule has 5 nitrogen and oxygen atoms in total. The van der Waals surface area contributed by atoms with Gasteiger partial charge in [0.05, 0.1) is 6.10 Å². The summed E-state index contributed by atoms with van der Waals surface area (Å²) in [5, 5.41) is 2.90. The van der Waals surface area contributed by atoms with Gasteiger partial charge in [0.25, 0.3) is 0 Å². The largest absolute Gasteiger partial charge is 0.381 e. The van der Waals surface area contributed by atoms with Gasteiger partial charge in [-0.05, 0) is 45.1 Å². The molecule has 0 bridgehead atoms. The minimum absolute atomic E-state index is 0.0113. The van der Waals surface area contributed by atoms with Crippen LogP contribution in [0.4, 0.5) is 5.95 Å². The Hall–Kier alpha value is -1.49. The maximum Gasteiger partial charge on any atom is 0.229 e. The van der Waals surface area contributed by atoms with Gasteiger partial charge < -0.3 is 4.74 Å². The van der Waals surface area contributed by atoms with Crippen LogP contribution in [0.2, 0.25) is 0 Å². The van der Waals surface area contributed by atoms with Crippen molar-refractivity contribution in [1.82, 2.24) is 9.97 Å². The number of nitrogens with one attached hydrogen (secondary N) is 1. The molecule has 2 atom stereocenters. The Bertz CT molecular complexity index is 528. The maximum atomic E-state index is 12.4. The van der Waals surface area contributed by atoms with E-state index in [4.69, 9.17) is 4.74 Å². The first kappa shape index (κ1) is 14.4. The van der Waals surface area contributed by atoms with Crippen molar-refractivity contribution in [3.8, 4) is 0 Å². The van der Waals surface area contributed by atoms with Gasteiger partial charge >= 0.3 is 0 Å². The Morgan fingerprint density at radius 3 is 2.81 bits per heavy atom. The minimum atomic E-state index is 0.0113. The molecule has 2 saturated carbocycles. The quantitative estimate of drug-likeness (QED) is 0.925. The molecule has 2 aliphatic rings. The van der Waals surface area contributed by atoms with Gasteiger partial charge in [0.1, 0.15) is 0 Å². The smallest absolute Gasteiger partial charge is 0.229 e. The highest BCUT2D eigenvalue weighted by Gasteiger charge is 2.29. The molecule has 114 valence electrons. The van der Waals surface area contributed by atoms with Gasteiger partial charge in [-0.25, -0.2) is 9.97 Å². The van der Waals surface area contributed by atoms with Crippen LogP contribution in [0.25, 0.3) is 0 Å². The maximum absolute atomic E-state index is 12.4. The number of aryl methyl sites for hydroxylation is 1. The van der Waals surface area contributed by atoms with Crippen LogP contribution in [-0.2, 0) is 9.53 Å². The van der Waals surface area contributed by atoms with Gasteiger partial charge in [0.2, 0.25) is 11.9 Å². The summed E-state index contributed by atoms with van der Waals surface area (Å²) in [7, 11) is 1.72. The lowest BCUT2D eigenvalue weighted by Crippen LogP contribution is -2.31. The van der Waals surface area contributed by atoms with Crippen molar-refractivity contribution in [2.45, 2.75) is 57.5 Å². The van der Waals surface area contributed by atoms with Gasteiger partial charge in [-0.2, -0.15) is 0 Å². The average Bonchev–Trinajstić information content (AvgIpc) is 3.31. The third-order valence-electron chi connectivity index (χ3n) is 4.43. The second-order valence-electron chi connectivity index (χ2n) is 6.24. The fourth-order valence-corrected chi connectivity index (χ4v) is 3.05. The molecule has 1 amide bonds. The van der Waals surface area contributed by atoms with Crippen LogP contribution < -0.4 is 5.32 Å². The zero-order chi connectivity index (χ0) is 14.8. The van der Waals surface area contributed by atoms with Crippen molar-refractivity contribution in [3.05, 3.63) is 17.5 Å². The summed E-state index contributed by atoms with van der Waals surface area (Å²) in [6.45, 7) is 1.95. The molecule has 1 aromatic rings. The predicted octanol–water partition coefficient (Wildman–Crippen LogP) is 2.81. The third-order valence-corrected chi connectivity index (χ3v) is 4.43. The second kappa shape index (κ2) is 6.10. The number of amides is 1. The molecule has 0 saturated heterocycles. The number of hydrogen-bond acceptors (Lipinski definition) is 4. The average molecular weight is 289 g/mol. The Labute approximate surface area is 125 Å². The van der Waals surface area contributed by atoms with Crippen LogP contribution in [0.5, 0.6) is 0 Å². The number of carbonyl (C=O) groups excluding carboxylic acids is 1. The molecular formula is C16H23N3O2. The van der Waals surface area contributed by atoms with Gasteiger partial charge in [0, 0.05) is 30.3 Å². The Balaban J connectivity index is 1.66. The third kappa shape index (κ3) is 3.59. The molecule has 0 spiro atoms. The van der Waals surface area contributed by atoms with Crippen molar-refractivity contribution in [3.63, 3.8) is 0 Å². The van der Waals surface area contributed by atoms with E-state index in [2.05, 4.69) is 15.3 Å². The lowest BCUT2D eigenvalue weighted by molar-refractivity contribution is -0.122. The molecule has 5 heteroatoms. The molecule has 3 rings (SSSR count). The molecule has 1 heterocycles. The topological polar surface area (TPSA) is 64.1 Å². The molecule has 0 aromatic carbocycles. The van der Waals surface area contributed by atoms with Gasteiger partial charge in [-0.3, -0.25) is 10.1 Å². The summed E-state index contributed by atoms with van der Waals surface area (Å²) in [6.07, 6.45) is 6.40. The summed E-state index contributed by atoms with van der Waals surface area (Å²) in [4.78, 5) is 21.2. The van der Waals surface area contributed by atoms with E-state index in [9.17, 15) is 4.79 Å². The summed E-state index contributed by atoms with van der Waals surface area (Å²) in [5.41, 5.74) is 1.98. The first-order valence-corrected chi connectivity index (χ1v) is 7.85. The number of ether oxygens (including phenoxy) is 1. The van der Waals surface area contributed by atoms with Crippen molar-refractivity contribution in [2.24, 2.45) is 5.92 Å². The van der Waals surface area contributed by atoms with Crippen LogP contribution in [0.15, 0.2) is 6.07 Å². The lowest BCUT2D eigenvalue weighted by Gasteiger charge is -2.27. The Morgan fingerprint density at radius 2 is 2.10 bits per heavy atom. The van der Waals surface area contributed by atoms with Crippen LogP contribution in [0, 0.1) is 12.8 Å². The van der Waals surface area contributed by atoms with E-state index in [0.717, 1.165) is 37.1 Å². The fourth-order valence-electron chi connectivity index (χ4n) is 3.05. The molecule has 0 radical (unpaired) electrons. The number of hydrogen-bond donors (Lipinski definition) is 1. The van der Waals surface area contributed by atoms with Gasteiger partial charge in [-0.15, -0.1) is 0 Å². The molecule has 21 heavy (non-hydrogen) atoms. The van der Waals surface area contributed by atoms with E-state index >= 15 is 0 Å². The highest BCUT2D eigenvalue weighted by Crippen LogP contribution is 2.39. The zero-order valence-electron chi connectivity index (χ0n) is 12.8. The Kier molecular flexibility index (Phi) is 4.19. The lowest BCUT2D eigenvalue weighted by atomic mass is 9.86. The van der Waals surface area contributed by atoms with Crippen molar-refractivity contribution >= 4 is 11.9 Å². The van der Waals surface area contributed by atoms with Gasteiger partial charge in [-0.1, -0.05) is 6.42 Å². The highest BCUT2D eigenvalue weighted by atomic mass is 16.5. The number of anilines is 1. The summed E-state index contributed by atoms with van der Waals surface area (Å²) in [5.74, 6) is 1.07. The van der Waals surface area contributed by atoms with Crippen LogP contribution >= 0.6 is 0 Å². The predicted molar refractivity (Wildman–Crippen MR) is 80.1 cm³/mol. The number of carbonyl (C=O) groups is 1. The molecule has 2 aliphatic carbocycles. The van der Waals surface area contributed by atoms with E-state index in [1.807, 2.05) is 13.0 Å². The molecule has 1 N–H and O–H groups in total. The molecule has 1 aromatic heterocycles. The molecular weight excluding hydrogens is 266 g/mol. The van der Waals surface area contributed by atoms with E-state index < -0.39 is 0 Å². The molecule has 2 unspecified atom stereocenters. The van der Waals surface area contributed by atoms with E-state index in [0.29, 0.717) is 11.9 Å². The van der Waals surface area contributed by atoms with E-state index in [1.54, 1.807) is 7.11 Å².